The fourth-order valence-electron chi connectivity index (χ4n) is 2.27. The van der Waals surface area contributed by atoms with Crippen molar-refractivity contribution in [3.8, 4) is 0 Å². The molecule has 14 heavy (non-hydrogen) atoms. The molecule has 1 fully saturated rings. The third kappa shape index (κ3) is 3.56. The first-order valence-electron chi connectivity index (χ1n) is 5.72. The van der Waals surface area contributed by atoms with Gasteiger partial charge >= 0.3 is 0 Å². The van der Waals surface area contributed by atoms with Crippen molar-refractivity contribution in [3.63, 3.8) is 0 Å². The zero-order valence-corrected chi connectivity index (χ0v) is 9.92. The van der Waals surface area contributed by atoms with E-state index in [1.807, 2.05) is 0 Å². The van der Waals surface area contributed by atoms with Crippen molar-refractivity contribution in [1.29, 1.82) is 0 Å². The maximum atomic E-state index is 6.18. The largest absolute Gasteiger partial charge is 0.323 e. The molecule has 0 aliphatic carbocycles. The number of nitrogens with two attached hydrogens (primary N) is 1. The third-order valence-corrected chi connectivity index (χ3v) is 2.90. The molecular weight excluding hydrogens is 174 g/mol. The van der Waals surface area contributed by atoms with Crippen LogP contribution < -0.4 is 5.73 Å². The summed E-state index contributed by atoms with van der Waals surface area (Å²) in [5.74, 6) is 0. The summed E-state index contributed by atoms with van der Waals surface area (Å²) in [6, 6.07) is 0. The second-order valence-electron chi connectivity index (χ2n) is 4.98. The highest BCUT2D eigenvalue weighted by Gasteiger charge is 2.37. The second kappa shape index (κ2) is 5.10. The van der Waals surface area contributed by atoms with Crippen LogP contribution in [0.3, 0.4) is 0 Å². The average molecular weight is 199 g/mol. The second-order valence-corrected chi connectivity index (χ2v) is 4.98. The van der Waals surface area contributed by atoms with Gasteiger partial charge in [0, 0.05) is 18.6 Å². The topological polar surface area (TPSA) is 32.5 Å². The highest BCUT2D eigenvalue weighted by molar-refractivity contribution is 4.99. The lowest BCUT2D eigenvalue weighted by molar-refractivity contribution is 0.0611. The summed E-state index contributed by atoms with van der Waals surface area (Å²) in [4.78, 5) is 4.71. The zero-order valence-electron chi connectivity index (χ0n) is 9.92. The standard InChI is InChI=1S/C11H25N3/c1-4-6-11(12)9-14(10-11)8-5-7-13(2)3/h4-10,12H2,1-3H3. The molecule has 0 spiro atoms. The molecule has 2 N–H and O–H groups in total. The van der Waals surface area contributed by atoms with E-state index in [1.54, 1.807) is 0 Å². The Morgan fingerprint density at radius 1 is 1.36 bits per heavy atom. The fraction of sp³-hybridized carbons (Fsp3) is 1.00. The Morgan fingerprint density at radius 3 is 2.50 bits per heavy atom. The van der Waals surface area contributed by atoms with Crippen LogP contribution in [0.15, 0.2) is 0 Å². The van der Waals surface area contributed by atoms with Crippen LogP contribution in [0.1, 0.15) is 26.2 Å². The first kappa shape index (κ1) is 12.0. The normalized spacial score (nSPS) is 21.2. The smallest absolute Gasteiger partial charge is 0.0412 e. The Morgan fingerprint density at radius 2 is 2.00 bits per heavy atom. The molecule has 0 amide bonds. The van der Waals surface area contributed by atoms with Crippen LogP contribution in [0.2, 0.25) is 0 Å². The van der Waals surface area contributed by atoms with Gasteiger partial charge in [0.05, 0.1) is 0 Å². The highest BCUT2D eigenvalue weighted by Crippen LogP contribution is 2.22. The number of nitrogens with zero attached hydrogens (tertiary/aromatic N) is 2. The summed E-state index contributed by atoms with van der Waals surface area (Å²) in [5, 5.41) is 0. The summed E-state index contributed by atoms with van der Waals surface area (Å²) in [5.41, 5.74) is 6.33. The summed E-state index contributed by atoms with van der Waals surface area (Å²) in [6.07, 6.45) is 3.65. The van der Waals surface area contributed by atoms with Crippen molar-refractivity contribution >= 4 is 0 Å². The van der Waals surface area contributed by atoms with Crippen LogP contribution in [0.4, 0.5) is 0 Å². The molecule has 1 saturated heterocycles. The van der Waals surface area contributed by atoms with Gasteiger partial charge in [0.2, 0.25) is 0 Å². The van der Waals surface area contributed by atoms with Gasteiger partial charge < -0.3 is 10.6 Å². The van der Waals surface area contributed by atoms with Crippen molar-refractivity contribution in [2.75, 3.05) is 40.3 Å². The molecule has 0 radical (unpaired) electrons. The van der Waals surface area contributed by atoms with Crippen molar-refractivity contribution in [1.82, 2.24) is 9.80 Å². The summed E-state index contributed by atoms with van der Waals surface area (Å²) < 4.78 is 0. The first-order valence-corrected chi connectivity index (χ1v) is 5.72. The van der Waals surface area contributed by atoms with E-state index in [1.165, 1.54) is 32.4 Å². The van der Waals surface area contributed by atoms with Crippen molar-refractivity contribution in [2.45, 2.75) is 31.7 Å². The van der Waals surface area contributed by atoms with E-state index < -0.39 is 0 Å². The van der Waals surface area contributed by atoms with Gasteiger partial charge in [-0.1, -0.05) is 13.3 Å². The van der Waals surface area contributed by atoms with Gasteiger partial charge in [-0.05, 0) is 40.0 Å². The number of hydrogen-bond donors (Lipinski definition) is 1. The quantitative estimate of drug-likeness (QED) is 0.685. The van der Waals surface area contributed by atoms with Crippen molar-refractivity contribution < 1.29 is 0 Å². The lowest BCUT2D eigenvalue weighted by Gasteiger charge is -2.48. The molecule has 0 bridgehead atoms. The lowest BCUT2D eigenvalue weighted by Crippen LogP contribution is -2.67. The Bertz CT molecular complexity index is 162. The molecule has 0 aromatic heterocycles. The Labute approximate surface area is 88.2 Å². The van der Waals surface area contributed by atoms with Gasteiger partial charge in [0.15, 0.2) is 0 Å². The van der Waals surface area contributed by atoms with Crippen molar-refractivity contribution in [2.24, 2.45) is 5.73 Å². The maximum absolute atomic E-state index is 6.18. The first-order chi connectivity index (χ1) is 6.56. The van der Waals surface area contributed by atoms with Gasteiger partial charge in [-0.3, -0.25) is 4.90 Å². The summed E-state index contributed by atoms with van der Waals surface area (Å²) >= 11 is 0. The molecule has 0 aromatic carbocycles. The molecule has 0 aromatic rings. The van der Waals surface area contributed by atoms with E-state index in [0.717, 1.165) is 13.1 Å². The predicted octanol–water partition coefficient (Wildman–Crippen LogP) is 0.751. The van der Waals surface area contributed by atoms with Gasteiger partial charge in [-0.15, -0.1) is 0 Å². The van der Waals surface area contributed by atoms with E-state index in [9.17, 15) is 0 Å². The van der Waals surface area contributed by atoms with Crippen molar-refractivity contribution in [3.05, 3.63) is 0 Å². The number of hydrogen-bond acceptors (Lipinski definition) is 3. The summed E-state index contributed by atoms with van der Waals surface area (Å²) in [7, 11) is 4.25. The minimum Gasteiger partial charge on any atom is -0.323 e. The molecule has 1 rings (SSSR count). The van der Waals surface area contributed by atoms with Crippen LogP contribution in [0.5, 0.6) is 0 Å². The predicted molar refractivity (Wildman–Crippen MR) is 61.4 cm³/mol. The monoisotopic (exact) mass is 199 g/mol. The fourth-order valence-corrected chi connectivity index (χ4v) is 2.27. The van der Waals surface area contributed by atoms with Crippen LogP contribution in [0, 0.1) is 0 Å². The van der Waals surface area contributed by atoms with E-state index >= 15 is 0 Å². The molecule has 1 aliphatic rings. The lowest BCUT2D eigenvalue weighted by atomic mass is 9.86. The van der Waals surface area contributed by atoms with Gasteiger partial charge in [-0.25, -0.2) is 0 Å². The van der Waals surface area contributed by atoms with Crippen LogP contribution >= 0.6 is 0 Å². The third-order valence-electron chi connectivity index (χ3n) is 2.90. The molecule has 1 aliphatic heterocycles. The minimum atomic E-state index is 0.146. The van der Waals surface area contributed by atoms with Crippen LogP contribution in [0.25, 0.3) is 0 Å². The number of likely N-dealkylation sites (tertiary alicyclic amines) is 1. The van der Waals surface area contributed by atoms with E-state index in [4.69, 9.17) is 5.73 Å². The molecule has 0 atom stereocenters. The Hall–Kier alpha value is -0.120. The molecule has 3 heteroatoms. The molecule has 0 saturated carbocycles. The molecular formula is C11H25N3. The van der Waals surface area contributed by atoms with Gasteiger partial charge in [0.1, 0.15) is 0 Å². The molecule has 84 valence electrons. The average Bonchev–Trinajstić information content (AvgIpc) is 2.01. The van der Waals surface area contributed by atoms with Gasteiger partial charge in [0.25, 0.3) is 0 Å². The van der Waals surface area contributed by atoms with E-state index in [2.05, 4.69) is 30.8 Å². The SMILES string of the molecule is CCCC1(N)CN(CCCN(C)C)C1. The maximum Gasteiger partial charge on any atom is 0.0412 e. The number of rotatable bonds is 6. The Kier molecular flexibility index (Phi) is 4.35. The molecule has 0 unspecified atom stereocenters. The van der Waals surface area contributed by atoms with Gasteiger partial charge in [-0.2, -0.15) is 0 Å². The highest BCUT2D eigenvalue weighted by atomic mass is 15.2. The molecule has 3 nitrogen and oxygen atoms in total. The minimum absolute atomic E-state index is 0.146. The molecule has 1 heterocycles. The van der Waals surface area contributed by atoms with E-state index in [0.29, 0.717) is 0 Å². The summed E-state index contributed by atoms with van der Waals surface area (Å²) in [6.45, 7) is 6.81. The Balaban J connectivity index is 2.04. The van der Waals surface area contributed by atoms with Crippen LogP contribution in [-0.2, 0) is 0 Å². The van der Waals surface area contributed by atoms with Crippen LogP contribution in [-0.4, -0.2) is 55.6 Å². The zero-order chi connectivity index (χ0) is 10.6. The van der Waals surface area contributed by atoms with E-state index in [-0.39, 0.29) is 5.54 Å².